The average Bonchev–Trinajstić information content (AvgIpc) is 3.14. The smallest absolute Gasteiger partial charge is 0.0112 e. The first-order valence-electron chi connectivity index (χ1n) is 12.8. The molecule has 0 heterocycles. The van der Waals surface area contributed by atoms with Crippen molar-refractivity contribution >= 4 is 38.4 Å². The van der Waals surface area contributed by atoms with Crippen molar-refractivity contribution in [3.63, 3.8) is 0 Å². The van der Waals surface area contributed by atoms with Gasteiger partial charge in [0.15, 0.2) is 0 Å². The van der Waals surface area contributed by atoms with Gasteiger partial charge < -0.3 is 0 Å². The van der Waals surface area contributed by atoms with E-state index >= 15 is 0 Å². The summed E-state index contributed by atoms with van der Waals surface area (Å²) in [5, 5.41) is 7.83. The normalized spacial score (nSPS) is 14.4. The molecule has 0 aliphatic heterocycles. The van der Waals surface area contributed by atoms with Crippen LogP contribution in [-0.4, -0.2) is 0 Å². The van der Waals surface area contributed by atoms with Gasteiger partial charge in [-0.1, -0.05) is 110 Å². The lowest BCUT2D eigenvalue weighted by molar-refractivity contribution is 0.640. The van der Waals surface area contributed by atoms with E-state index in [1.54, 1.807) is 0 Å². The molecular weight excluding hydrogens is 432 g/mol. The number of rotatable bonds is 2. The molecule has 172 valence electrons. The van der Waals surface area contributed by atoms with Crippen molar-refractivity contribution in [1.29, 1.82) is 0 Å². The molecule has 6 aromatic carbocycles. The highest BCUT2D eigenvalue weighted by Gasteiger charge is 2.30. The van der Waals surface area contributed by atoms with E-state index in [2.05, 4.69) is 136 Å². The lowest BCUT2D eigenvalue weighted by Gasteiger charge is -2.23. The Bertz CT molecular complexity index is 1850. The van der Waals surface area contributed by atoms with Crippen LogP contribution in [0.2, 0.25) is 0 Å². The van der Waals surface area contributed by atoms with E-state index in [0.717, 1.165) is 0 Å². The summed E-state index contributed by atoms with van der Waals surface area (Å²) in [5.41, 5.74) is 9.33. The van der Waals surface area contributed by atoms with Crippen LogP contribution in [0, 0.1) is 0 Å². The second-order valence-electron chi connectivity index (χ2n) is 10.8. The zero-order valence-electron chi connectivity index (χ0n) is 21.0. The maximum absolute atomic E-state index is 2.44. The third kappa shape index (κ3) is 3.22. The Hall–Kier alpha value is -4.16. The van der Waals surface area contributed by atoms with Crippen LogP contribution >= 0.6 is 0 Å². The molecule has 0 unspecified atom stereocenters. The van der Waals surface area contributed by atoms with Gasteiger partial charge in [-0.05, 0) is 96.9 Å². The van der Waals surface area contributed by atoms with Crippen molar-refractivity contribution in [2.45, 2.75) is 26.2 Å². The molecule has 0 nitrogen and oxygen atoms in total. The molecule has 0 fully saturated rings. The van der Waals surface area contributed by atoms with Gasteiger partial charge >= 0.3 is 0 Å². The molecule has 0 aromatic heterocycles. The molecule has 6 aromatic rings. The van der Waals surface area contributed by atoms with Gasteiger partial charge in [0.05, 0.1) is 0 Å². The van der Waals surface area contributed by atoms with E-state index in [4.69, 9.17) is 0 Å². The Labute approximate surface area is 212 Å². The first kappa shape index (κ1) is 21.1. The summed E-state index contributed by atoms with van der Waals surface area (Å²) in [7, 11) is 0. The summed E-state index contributed by atoms with van der Waals surface area (Å²) < 4.78 is 0. The summed E-state index contributed by atoms with van der Waals surface area (Å²) in [4.78, 5) is 0. The third-order valence-corrected chi connectivity index (χ3v) is 8.34. The lowest BCUT2D eigenvalue weighted by Crippen LogP contribution is -2.15. The van der Waals surface area contributed by atoms with Gasteiger partial charge in [-0.3, -0.25) is 0 Å². The fraction of sp³-hybridized carbons (Fsp3) is 0.111. The minimum Gasteiger partial charge on any atom is -0.0627 e. The monoisotopic (exact) mass is 460 g/mol. The summed E-state index contributed by atoms with van der Waals surface area (Å²) >= 11 is 0. The summed E-state index contributed by atoms with van der Waals surface area (Å²) in [5.74, 6) is 0. The Morgan fingerprint density at radius 2 is 1.03 bits per heavy atom. The van der Waals surface area contributed by atoms with Crippen LogP contribution in [0.3, 0.4) is 0 Å². The molecule has 0 saturated carbocycles. The molecule has 7 rings (SSSR count). The second-order valence-corrected chi connectivity index (χ2v) is 10.8. The van der Waals surface area contributed by atoms with E-state index in [9.17, 15) is 0 Å². The van der Waals surface area contributed by atoms with Crippen LogP contribution in [0.1, 0.15) is 31.9 Å². The number of hydrogen-bond donors (Lipinski definition) is 0. The van der Waals surface area contributed by atoms with E-state index in [0.29, 0.717) is 0 Å². The van der Waals surface area contributed by atoms with E-state index < -0.39 is 0 Å². The predicted molar refractivity (Wildman–Crippen MR) is 157 cm³/mol. The van der Waals surface area contributed by atoms with Crippen molar-refractivity contribution in [1.82, 2.24) is 0 Å². The van der Waals surface area contributed by atoms with Crippen molar-refractivity contribution in [3.8, 4) is 22.3 Å². The largest absolute Gasteiger partial charge is 0.0627 e. The highest BCUT2D eigenvalue weighted by molar-refractivity contribution is 6.10. The molecule has 0 amide bonds. The Morgan fingerprint density at radius 3 is 1.78 bits per heavy atom. The topological polar surface area (TPSA) is 0 Å². The summed E-state index contributed by atoms with van der Waals surface area (Å²) in [6.45, 7) is 6.93. The minimum atomic E-state index is 0.0852. The van der Waals surface area contributed by atoms with Gasteiger partial charge in [0, 0.05) is 5.41 Å². The zero-order chi connectivity index (χ0) is 24.4. The fourth-order valence-electron chi connectivity index (χ4n) is 5.81. The van der Waals surface area contributed by atoms with Crippen molar-refractivity contribution in [3.05, 3.63) is 126 Å². The van der Waals surface area contributed by atoms with Crippen molar-refractivity contribution in [2.24, 2.45) is 0 Å². The minimum absolute atomic E-state index is 0.0852. The number of allylic oxidation sites excluding steroid dienone is 1. The van der Waals surface area contributed by atoms with E-state index in [1.165, 1.54) is 71.3 Å². The van der Waals surface area contributed by atoms with Crippen LogP contribution < -0.4 is 0 Å². The van der Waals surface area contributed by atoms with Crippen LogP contribution in [-0.2, 0) is 5.41 Å². The van der Waals surface area contributed by atoms with Gasteiger partial charge in [-0.15, -0.1) is 0 Å². The molecule has 0 atom stereocenters. The van der Waals surface area contributed by atoms with Gasteiger partial charge in [0.1, 0.15) is 0 Å². The van der Waals surface area contributed by atoms with Gasteiger partial charge in [-0.25, -0.2) is 0 Å². The molecule has 0 N–H and O–H groups in total. The van der Waals surface area contributed by atoms with Crippen LogP contribution in [0.15, 0.2) is 115 Å². The van der Waals surface area contributed by atoms with E-state index in [1.807, 2.05) is 0 Å². The quantitative estimate of drug-likeness (QED) is 0.225. The summed E-state index contributed by atoms with van der Waals surface area (Å²) in [6, 6.07) is 40.5. The lowest BCUT2D eigenvalue weighted by atomic mass is 9.81. The fourth-order valence-corrected chi connectivity index (χ4v) is 5.81. The van der Waals surface area contributed by atoms with Crippen molar-refractivity contribution < 1.29 is 0 Å². The zero-order valence-corrected chi connectivity index (χ0v) is 21.0. The van der Waals surface area contributed by atoms with Gasteiger partial charge in [-0.2, -0.15) is 0 Å². The second kappa shape index (κ2) is 7.67. The first-order valence-corrected chi connectivity index (χ1v) is 12.8. The Kier molecular flexibility index (Phi) is 4.51. The Balaban J connectivity index is 1.31. The Morgan fingerprint density at radius 1 is 0.472 bits per heavy atom. The standard InChI is InChI=1S/C36H28/c1-23-18-32-20-31-17-14-27-13-16-30(21-33(27)34(31)22-35(32)36(23,2)3)26-10-8-25(9-11-26)29-15-12-24-6-4-5-7-28(24)19-29/h4-22H,1-3H3. The van der Waals surface area contributed by atoms with E-state index in [-0.39, 0.29) is 5.41 Å². The van der Waals surface area contributed by atoms with Gasteiger partial charge in [0.25, 0.3) is 0 Å². The molecule has 0 radical (unpaired) electrons. The third-order valence-electron chi connectivity index (χ3n) is 8.34. The number of fused-ring (bicyclic) bond motifs is 5. The molecule has 0 bridgehead atoms. The maximum atomic E-state index is 2.44. The van der Waals surface area contributed by atoms with Crippen LogP contribution in [0.5, 0.6) is 0 Å². The van der Waals surface area contributed by atoms with Crippen LogP contribution in [0.25, 0.3) is 60.6 Å². The molecule has 0 saturated heterocycles. The molecule has 1 aliphatic rings. The van der Waals surface area contributed by atoms with Gasteiger partial charge in [0.2, 0.25) is 0 Å². The summed E-state index contributed by atoms with van der Waals surface area (Å²) in [6.07, 6.45) is 2.35. The highest BCUT2D eigenvalue weighted by atomic mass is 14.3. The molecular formula is C36H28. The number of hydrogen-bond acceptors (Lipinski definition) is 0. The molecule has 36 heavy (non-hydrogen) atoms. The van der Waals surface area contributed by atoms with Crippen LogP contribution in [0.4, 0.5) is 0 Å². The molecule has 1 aliphatic carbocycles. The maximum Gasteiger partial charge on any atom is 0.0112 e. The first-order chi connectivity index (χ1) is 17.5. The average molecular weight is 461 g/mol. The molecule has 0 spiro atoms. The SMILES string of the molecule is CC1=Cc2cc3ccc4ccc(-c5ccc(-c6ccc7ccccc7c6)cc5)cc4c3cc2C1(C)C. The van der Waals surface area contributed by atoms with Crippen molar-refractivity contribution in [2.75, 3.05) is 0 Å². The molecule has 0 heteroatoms. The number of benzene rings is 6. The highest BCUT2D eigenvalue weighted by Crippen LogP contribution is 2.44. The predicted octanol–water partition coefficient (Wildman–Crippen LogP) is 10.2.